The summed E-state index contributed by atoms with van der Waals surface area (Å²) < 4.78 is 4.87. The Morgan fingerprint density at radius 2 is 2.33 bits per heavy atom. The van der Waals surface area contributed by atoms with Crippen molar-refractivity contribution in [3.8, 4) is 0 Å². The second-order valence-corrected chi connectivity index (χ2v) is 4.37. The molecule has 1 aromatic carbocycles. The van der Waals surface area contributed by atoms with Gasteiger partial charge in [-0.3, -0.25) is 4.79 Å². The van der Waals surface area contributed by atoms with Crippen LogP contribution in [-0.4, -0.2) is 19.1 Å². The topological polar surface area (TPSA) is 38.3 Å². The van der Waals surface area contributed by atoms with Gasteiger partial charge in [0.2, 0.25) is 0 Å². The summed E-state index contributed by atoms with van der Waals surface area (Å²) in [5.74, 6) is -0.170. The lowest BCUT2D eigenvalue weighted by molar-refractivity contribution is -0.142. The Hall–Kier alpha value is -1.61. The SMILES string of the molecule is CCOC(=O)CC=Cc1ccc2c(c1)CCNC2. The maximum absolute atomic E-state index is 11.2. The van der Waals surface area contributed by atoms with Gasteiger partial charge < -0.3 is 10.1 Å². The first-order valence-electron chi connectivity index (χ1n) is 6.44. The maximum atomic E-state index is 11.2. The average Bonchev–Trinajstić information content (AvgIpc) is 2.39. The van der Waals surface area contributed by atoms with Gasteiger partial charge in [-0.05, 0) is 36.6 Å². The van der Waals surface area contributed by atoms with Crippen LogP contribution in [0.5, 0.6) is 0 Å². The fraction of sp³-hybridized carbons (Fsp3) is 0.400. The molecule has 0 amide bonds. The van der Waals surface area contributed by atoms with E-state index in [1.165, 1.54) is 11.1 Å². The molecule has 0 atom stereocenters. The number of hydrogen-bond donors (Lipinski definition) is 1. The molecule has 0 saturated heterocycles. The second kappa shape index (κ2) is 6.36. The number of carbonyl (C=O) groups excluding carboxylic acids is 1. The number of rotatable bonds is 4. The van der Waals surface area contributed by atoms with E-state index in [1.54, 1.807) is 0 Å². The van der Waals surface area contributed by atoms with Gasteiger partial charge in [0.05, 0.1) is 13.0 Å². The molecule has 0 spiro atoms. The minimum Gasteiger partial charge on any atom is -0.466 e. The lowest BCUT2D eigenvalue weighted by atomic mass is 9.98. The van der Waals surface area contributed by atoms with E-state index in [0.717, 1.165) is 25.1 Å². The van der Waals surface area contributed by atoms with Crippen LogP contribution in [0.4, 0.5) is 0 Å². The first-order valence-corrected chi connectivity index (χ1v) is 6.44. The fourth-order valence-electron chi connectivity index (χ4n) is 2.11. The van der Waals surface area contributed by atoms with Crippen molar-refractivity contribution in [3.05, 3.63) is 41.0 Å². The first kappa shape index (κ1) is 12.8. The largest absolute Gasteiger partial charge is 0.466 e. The third kappa shape index (κ3) is 3.44. The molecule has 0 fully saturated rings. The van der Waals surface area contributed by atoms with Crippen LogP contribution < -0.4 is 5.32 Å². The zero-order valence-electron chi connectivity index (χ0n) is 10.7. The van der Waals surface area contributed by atoms with Crippen molar-refractivity contribution < 1.29 is 9.53 Å². The Balaban J connectivity index is 1.97. The van der Waals surface area contributed by atoms with Gasteiger partial charge in [-0.2, -0.15) is 0 Å². The summed E-state index contributed by atoms with van der Waals surface area (Å²) in [6.45, 7) is 4.27. The van der Waals surface area contributed by atoms with Crippen molar-refractivity contribution in [2.45, 2.75) is 26.3 Å². The van der Waals surface area contributed by atoms with Crippen molar-refractivity contribution in [2.24, 2.45) is 0 Å². The van der Waals surface area contributed by atoms with Crippen LogP contribution in [0, 0.1) is 0 Å². The molecule has 0 aromatic heterocycles. The molecule has 1 heterocycles. The molecule has 0 aliphatic carbocycles. The van der Waals surface area contributed by atoms with Gasteiger partial charge in [-0.1, -0.05) is 30.4 Å². The lowest BCUT2D eigenvalue weighted by Gasteiger charge is -2.17. The normalized spacial score (nSPS) is 14.5. The molecule has 2 rings (SSSR count). The maximum Gasteiger partial charge on any atom is 0.309 e. The quantitative estimate of drug-likeness (QED) is 0.827. The summed E-state index contributed by atoms with van der Waals surface area (Å²) in [6, 6.07) is 6.46. The molecule has 0 saturated carbocycles. The van der Waals surface area contributed by atoms with Gasteiger partial charge in [-0.15, -0.1) is 0 Å². The van der Waals surface area contributed by atoms with Crippen molar-refractivity contribution in [2.75, 3.05) is 13.2 Å². The fourth-order valence-corrected chi connectivity index (χ4v) is 2.11. The summed E-state index contributed by atoms with van der Waals surface area (Å²) in [6.07, 6.45) is 5.27. The summed E-state index contributed by atoms with van der Waals surface area (Å²) in [5.41, 5.74) is 3.94. The highest BCUT2D eigenvalue weighted by atomic mass is 16.5. The molecule has 0 bridgehead atoms. The van der Waals surface area contributed by atoms with E-state index in [4.69, 9.17) is 4.74 Å². The molecule has 1 N–H and O–H groups in total. The predicted molar refractivity (Wildman–Crippen MR) is 72.1 cm³/mol. The molecule has 1 aliphatic heterocycles. The summed E-state index contributed by atoms with van der Waals surface area (Å²) >= 11 is 0. The zero-order chi connectivity index (χ0) is 12.8. The molecule has 0 unspecified atom stereocenters. The van der Waals surface area contributed by atoms with Gasteiger partial charge in [0, 0.05) is 6.54 Å². The van der Waals surface area contributed by atoms with Gasteiger partial charge in [0.25, 0.3) is 0 Å². The third-order valence-electron chi connectivity index (χ3n) is 3.02. The van der Waals surface area contributed by atoms with Crippen molar-refractivity contribution in [1.29, 1.82) is 0 Å². The first-order chi connectivity index (χ1) is 8.79. The molecular formula is C15H19NO2. The van der Waals surface area contributed by atoms with E-state index in [-0.39, 0.29) is 5.97 Å². The Kier molecular flexibility index (Phi) is 4.53. The van der Waals surface area contributed by atoms with E-state index in [0.29, 0.717) is 13.0 Å². The van der Waals surface area contributed by atoms with Crippen molar-refractivity contribution in [3.63, 3.8) is 0 Å². The minimum atomic E-state index is -0.170. The number of benzene rings is 1. The highest BCUT2D eigenvalue weighted by molar-refractivity contribution is 5.72. The van der Waals surface area contributed by atoms with Crippen molar-refractivity contribution in [1.82, 2.24) is 5.32 Å². The van der Waals surface area contributed by atoms with Crippen LogP contribution in [0.15, 0.2) is 24.3 Å². The van der Waals surface area contributed by atoms with Gasteiger partial charge >= 0.3 is 5.97 Å². The highest BCUT2D eigenvalue weighted by Gasteiger charge is 2.07. The monoisotopic (exact) mass is 245 g/mol. The molecule has 3 heteroatoms. The number of ether oxygens (including phenoxy) is 1. The van der Waals surface area contributed by atoms with E-state index in [2.05, 4.69) is 23.5 Å². The number of esters is 1. The lowest BCUT2D eigenvalue weighted by Crippen LogP contribution is -2.23. The zero-order valence-corrected chi connectivity index (χ0v) is 10.7. The minimum absolute atomic E-state index is 0.170. The number of nitrogens with one attached hydrogen (secondary N) is 1. The highest BCUT2D eigenvalue weighted by Crippen LogP contribution is 2.16. The molecular weight excluding hydrogens is 226 g/mol. The number of carbonyl (C=O) groups is 1. The van der Waals surface area contributed by atoms with Crippen LogP contribution in [0.1, 0.15) is 30.0 Å². The molecule has 96 valence electrons. The number of fused-ring (bicyclic) bond motifs is 1. The average molecular weight is 245 g/mol. The second-order valence-electron chi connectivity index (χ2n) is 4.37. The summed E-state index contributed by atoms with van der Waals surface area (Å²) in [4.78, 5) is 11.2. The van der Waals surface area contributed by atoms with Crippen LogP contribution >= 0.6 is 0 Å². The summed E-state index contributed by atoms with van der Waals surface area (Å²) in [5, 5.41) is 3.35. The van der Waals surface area contributed by atoms with Crippen LogP contribution in [-0.2, 0) is 22.5 Å². The van der Waals surface area contributed by atoms with Crippen molar-refractivity contribution >= 4 is 12.0 Å². The number of hydrogen-bond acceptors (Lipinski definition) is 3. The van der Waals surface area contributed by atoms with Gasteiger partial charge in [0.1, 0.15) is 0 Å². The molecule has 0 radical (unpaired) electrons. The van der Waals surface area contributed by atoms with Crippen LogP contribution in [0.3, 0.4) is 0 Å². The standard InChI is InChI=1S/C15H19NO2/c1-2-18-15(17)5-3-4-12-6-7-14-11-16-9-8-13(14)10-12/h3-4,6-7,10,16H,2,5,8-9,11H2,1H3. The Morgan fingerprint density at radius 1 is 1.44 bits per heavy atom. The Labute approximate surface area is 108 Å². The third-order valence-corrected chi connectivity index (χ3v) is 3.02. The Morgan fingerprint density at radius 3 is 3.17 bits per heavy atom. The molecule has 1 aliphatic rings. The predicted octanol–water partition coefficient (Wildman–Crippen LogP) is 2.30. The van der Waals surface area contributed by atoms with Crippen LogP contribution in [0.25, 0.3) is 6.08 Å². The molecule has 3 nitrogen and oxygen atoms in total. The Bertz CT molecular complexity index is 452. The van der Waals surface area contributed by atoms with E-state index in [1.807, 2.05) is 19.1 Å². The van der Waals surface area contributed by atoms with E-state index < -0.39 is 0 Å². The van der Waals surface area contributed by atoms with Gasteiger partial charge in [-0.25, -0.2) is 0 Å². The molecule has 1 aromatic rings. The smallest absolute Gasteiger partial charge is 0.309 e. The van der Waals surface area contributed by atoms with Gasteiger partial charge in [0.15, 0.2) is 0 Å². The van der Waals surface area contributed by atoms with E-state index in [9.17, 15) is 4.79 Å². The summed E-state index contributed by atoms with van der Waals surface area (Å²) in [7, 11) is 0. The van der Waals surface area contributed by atoms with Crippen LogP contribution in [0.2, 0.25) is 0 Å². The molecule has 18 heavy (non-hydrogen) atoms. The van der Waals surface area contributed by atoms with E-state index >= 15 is 0 Å².